The van der Waals surface area contributed by atoms with E-state index < -0.39 is 0 Å². The minimum Gasteiger partial charge on any atom is -0.493 e. The summed E-state index contributed by atoms with van der Waals surface area (Å²) in [5.74, 6) is 2.38. The van der Waals surface area contributed by atoms with Crippen molar-refractivity contribution in [2.45, 2.75) is 20.3 Å². The first-order valence-electron chi connectivity index (χ1n) is 8.13. The van der Waals surface area contributed by atoms with Gasteiger partial charge >= 0.3 is 0 Å². The molecule has 122 valence electrons. The van der Waals surface area contributed by atoms with E-state index in [2.05, 4.69) is 11.1 Å². The van der Waals surface area contributed by atoms with Gasteiger partial charge < -0.3 is 9.15 Å². The zero-order valence-electron chi connectivity index (χ0n) is 14.0. The molecule has 1 heterocycles. The SMILES string of the molecule is C/C=C/c1ccc(OCCc2nc(-c3ccccc3)oc2C)cc1. The van der Waals surface area contributed by atoms with Gasteiger partial charge in [0.25, 0.3) is 0 Å². The van der Waals surface area contributed by atoms with Crippen molar-refractivity contribution in [1.29, 1.82) is 0 Å². The van der Waals surface area contributed by atoms with Gasteiger partial charge in [-0.1, -0.05) is 42.5 Å². The quantitative estimate of drug-likeness (QED) is 0.618. The molecule has 0 amide bonds. The number of ether oxygens (including phenoxy) is 1. The summed E-state index contributed by atoms with van der Waals surface area (Å²) in [6.45, 7) is 4.53. The smallest absolute Gasteiger partial charge is 0.226 e. The van der Waals surface area contributed by atoms with Crippen LogP contribution in [0.15, 0.2) is 65.1 Å². The van der Waals surface area contributed by atoms with Gasteiger partial charge in [-0.2, -0.15) is 0 Å². The van der Waals surface area contributed by atoms with Crippen LogP contribution >= 0.6 is 0 Å². The van der Waals surface area contributed by atoms with Crippen molar-refractivity contribution in [1.82, 2.24) is 4.98 Å². The summed E-state index contributed by atoms with van der Waals surface area (Å²) in [5.41, 5.74) is 3.11. The van der Waals surface area contributed by atoms with Gasteiger partial charge in [-0.25, -0.2) is 4.98 Å². The first kappa shape index (κ1) is 16.1. The number of oxazole rings is 1. The molecule has 3 heteroatoms. The lowest BCUT2D eigenvalue weighted by atomic mass is 10.2. The fraction of sp³-hybridized carbons (Fsp3) is 0.190. The molecular formula is C21H21NO2. The number of hydrogen-bond acceptors (Lipinski definition) is 3. The molecule has 0 aliphatic rings. The second-order valence-corrected chi connectivity index (χ2v) is 5.56. The number of aryl methyl sites for hydroxylation is 1. The van der Waals surface area contributed by atoms with E-state index in [0.29, 0.717) is 12.5 Å². The highest BCUT2D eigenvalue weighted by Gasteiger charge is 2.11. The Hall–Kier alpha value is -2.81. The number of allylic oxidation sites excluding steroid dienone is 1. The number of aromatic nitrogens is 1. The molecule has 0 aliphatic heterocycles. The van der Waals surface area contributed by atoms with E-state index in [1.165, 1.54) is 5.56 Å². The molecule has 0 N–H and O–H groups in total. The Bertz CT molecular complexity index is 802. The standard InChI is InChI=1S/C21H21NO2/c1-3-7-17-10-12-19(13-11-17)23-15-14-20-16(2)24-21(22-20)18-8-5-4-6-9-18/h3-13H,14-15H2,1-2H3/b7-3+. The summed E-state index contributed by atoms with van der Waals surface area (Å²) in [5, 5.41) is 0. The second-order valence-electron chi connectivity index (χ2n) is 5.56. The van der Waals surface area contributed by atoms with E-state index in [0.717, 1.165) is 29.2 Å². The highest BCUT2D eigenvalue weighted by Crippen LogP contribution is 2.22. The molecule has 3 nitrogen and oxygen atoms in total. The lowest BCUT2D eigenvalue weighted by molar-refractivity contribution is 0.320. The highest BCUT2D eigenvalue weighted by atomic mass is 16.5. The van der Waals surface area contributed by atoms with Crippen molar-refractivity contribution in [3.8, 4) is 17.2 Å². The monoisotopic (exact) mass is 319 g/mol. The molecule has 0 bridgehead atoms. The molecule has 0 spiro atoms. The third-order valence-electron chi connectivity index (χ3n) is 3.76. The number of benzene rings is 2. The van der Waals surface area contributed by atoms with Crippen LogP contribution in [0.4, 0.5) is 0 Å². The average Bonchev–Trinajstić information content (AvgIpc) is 2.99. The van der Waals surface area contributed by atoms with Gasteiger partial charge in [0.15, 0.2) is 0 Å². The molecule has 0 fully saturated rings. The van der Waals surface area contributed by atoms with Crippen LogP contribution in [-0.2, 0) is 6.42 Å². The maximum atomic E-state index is 5.81. The summed E-state index contributed by atoms with van der Waals surface area (Å²) >= 11 is 0. The zero-order valence-corrected chi connectivity index (χ0v) is 14.0. The first-order valence-corrected chi connectivity index (χ1v) is 8.13. The highest BCUT2D eigenvalue weighted by molar-refractivity contribution is 5.53. The van der Waals surface area contributed by atoms with E-state index in [1.54, 1.807) is 0 Å². The molecule has 0 saturated heterocycles. The maximum Gasteiger partial charge on any atom is 0.226 e. The Morgan fingerprint density at radius 3 is 2.50 bits per heavy atom. The Balaban J connectivity index is 1.60. The van der Waals surface area contributed by atoms with Gasteiger partial charge in [-0.05, 0) is 43.7 Å². The van der Waals surface area contributed by atoms with E-state index in [1.807, 2.05) is 74.5 Å². The summed E-state index contributed by atoms with van der Waals surface area (Å²) in [4.78, 5) is 4.59. The molecule has 0 saturated carbocycles. The summed E-state index contributed by atoms with van der Waals surface area (Å²) < 4.78 is 11.6. The van der Waals surface area contributed by atoms with Crippen molar-refractivity contribution >= 4 is 6.08 Å². The first-order chi connectivity index (χ1) is 11.8. The van der Waals surface area contributed by atoms with Crippen LogP contribution in [0, 0.1) is 6.92 Å². The molecule has 0 aliphatic carbocycles. The molecule has 0 unspecified atom stereocenters. The Morgan fingerprint density at radius 1 is 1.04 bits per heavy atom. The Morgan fingerprint density at radius 2 is 1.79 bits per heavy atom. The third kappa shape index (κ3) is 3.93. The molecule has 3 rings (SSSR count). The van der Waals surface area contributed by atoms with Gasteiger partial charge in [-0.3, -0.25) is 0 Å². The molecular weight excluding hydrogens is 298 g/mol. The summed E-state index contributed by atoms with van der Waals surface area (Å²) in [6, 6.07) is 18.0. The van der Waals surface area contributed by atoms with E-state index in [9.17, 15) is 0 Å². The Kier molecular flexibility index (Phi) is 5.12. The van der Waals surface area contributed by atoms with Gasteiger partial charge in [0.05, 0.1) is 12.3 Å². The van der Waals surface area contributed by atoms with Gasteiger partial charge in [0.2, 0.25) is 5.89 Å². The second kappa shape index (κ2) is 7.64. The van der Waals surface area contributed by atoms with E-state index in [4.69, 9.17) is 9.15 Å². The maximum absolute atomic E-state index is 5.81. The molecule has 24 heavy (non-hydrogen) atoms. The van der Waals surface area contributed by atoms with Crippen molar-refractivity contribution < 1.29 is 9.15 Å². The fourth-order valence-electron chi connectivity index (χ4n) is 2.50. The summed E-state index contributed by atoms with van der Waals surface area (Å²) in [7, 11) is 0. The normalized spacial score (nSPS) is 11.1. The minimum absolute atomic E-state index is 0.574. The van der Waals surface area contributed by atoms with Crippen LogP contribution in [0.5, 0.6) is 5.75 Å². The lowest BCUT2D eigenvalue weighted by Crippen LogP contribution is -2.02. The molecule has 0 radical (unpaired) electrons. The predicted molar refractivity (Wildman–Crippen MR) is 97.0 cm³/mol. The number of hydrogen-bond donors (Lipinski definition) is 0. The lowest BCUT2D eigenvalue weighted by Gasteiger charge is -2.05. The molecule has 0 atom stereocenters. The molecule has 2 aromatic carbocycles. The van der Waals surface area contributed by atoms with Crippen LogP contribution in [0.2, 0.25) is 0 Å². The van der Waals surface area contributed by atoms with Crippen LogP contribution in [0.1, 0.15) is 23.9 Å². The number of nitrogens with zero attached hydrogens (tertiary/aromatic N) is 1. The van der Waals surface area contributed by atoms with Crippen molar-refractivity contribution in [3.63, 3.8) is 0 Å². The number of rotatable bonds is 6. The Labute approximate surface area is 142 Å². The van der Waals surface area contributed by atoms with Crippen LogP contribution in [-0.4, -0.2) is 11.6 Å². The predicted octanol–water partition coefficient (Wildman–Crippen LogP) is 5.30. The zero-order chi connectivity index (χ0) is 16.8. The average molecular weight is 319 g/mol. The van der Waals surface area contributed by atoms with Crippen LogP contribution < -0.4 is 4.74 Å². The van der Waals surface area contributed by atoms with E-state index >= 15 is 0 Å². The van der Waals surface area contributed by atoms with Crippen molar-refractivity contribution in [3.05, 3.63) is 77.7 Å². The van der Waals surface area contributed by atoms with Gasteiger partial charge in [0.1, 0.15) is 11.5 Å². The van der Waals surface area contributed by atoms with Gasteiger partial charge in [-0.15, -0.1) is 0 Å². The van der Waals surface area contributed by atoms with Crippen LogP contribution in [0.3, 0.4) is 0 Å². The van der Waals surface area contributed by atoms with Crippen molar-refractivity contribution in [2.75, 3.05) is 6.61 Å². The van der Waals surface area contributed by atoms with Crippen LogP contribution in [0.25, 0.3) is 17.5 Å². The van der Waals surface area contributed by atoms with E-state index in [-0.39, 0.29) is 0 Å². The summed E-state index contributed by atoms with van der Waals surface area (Å²) in [6.07, 6.45) is 4.81. The third-order valence-corrected chi connectivity index (χ3v) is 3.76. The molecule has 3 aromatic rings. The largest absolute Gasteiger partial charge is 0.493 e. The molecule has 1 aromatic heterocycles. The minimum atomic E-state index is 0.574. The topological polar surface area (TPSA) is 35.3 Å². The van der Waals surface area contributed by atoms with Gasteiger partial charge in [0, 0.05) is 12.0 Å². The van der Waals surface area contributed by atoms with Crippen molar-refractivity contribution in [2.24, 2.45) is 0 Å². The fourth-order valence-corrected chi connectivity index (χ4v) is 2.50.